The second-order valence-corrected chi connectivity index (χ2v) is 13.0. The van der Waals surface area contributed by atoms with Crippen LogP contribution in [0.3, 0.4) is 0 Å². The maximum absolute atomic E-state index is 11.8. The fraction of sp³-hybridized carbons (Fsp3) is 0.590. The van der Waals surface area contributed by atoms with Crippen LogP contribution < -0.4 is 0 Å². The first-order valence-corrected chi connectivity index (χ1v) is 17.1. The third-order valence-corrected chi connectivity index (χ3v) is 8.03. The number of likely N-dealkylation sites (tertiary alicyclic amines) is 1. The Hall–Kier alpha value is -3.32. The highest BCUT2D eigenvalue weighted by Crippen LogP contribution is 2.35. The largest absolute Gasteiger partial charge is 0.486 e. The summed E-state index contributed by atoms with van der Waals surface area (Å²) in [6.45, 7) is 27.6. The molecule has 0 aliphatic carbocycles. The van der Waals surface area contributed by atoms with Crippen LogP contribution in [0.15, 0.2) is 61.4 Å². The van der Waals surface area contributed by atoms with Gasteiger partial charge in [0.25, 0.3) is 0 Å². The molecule has 46 heavy (non-hydrogen) atoms. The highest BCUT2D eigenvalue weighted by Gasteiger charge is 2.31. The molecule has 2 amide bonds. The van der Waals surface area contributed by atoms with Gasteiger partial charge in [0.15, 0.2) is 0 Å². The van der Waals surface area contributed by atoms with Gasteiger partial charge in [0.2, 0.25) is 5.91 Å². The summed E-state index contributed by atoms with van der Waals surface area (Å²) in [7, 11) is 0. The van der Waals surface area contributed by atoms with E-state index in [1.54, 1.807) is 23.0 Å². The molecule has 1 unspecified atom stereocenters. The molecule has 7 heteroatoms. The lowest BCUT2D eigenvalue weighted by Crippen LogP contribution is -2.55. The Morgan fingerprint density at radius 1 is 0.957 bits per heavy atom. The number of piperidine rings is 1. The van der Waals surface area contributed by atoms with Crippen molar-refractivity contribution < 1.29 is 19.1 Å². The third kappa shape index (κ3) is 14.4. The van der Waals surface area contributed by atoms with Gasteiger partial charge in [-0.15, -0.1) is 0 Å². The Balaban J connectivity index is 0.000000359. The van der Waals surface area contributed by atoms with Crippen molar-refractivity contribution in [2.24, 2.45) is 0 Å². The maximum Gasteiger partial charge on any atom is 0.410 e. The third-order valence-electron chi connectivity index (χ3n) is 8.03. The molecule has 0 radical (unpaired) electrons. The van der Waals surface area contributed by atoms with Gasteiger partial charge < -0.3 is 19.3 Å². The summed E-state index contributed by atoms with van der Waals surface area (Å²) in [4.78, 5) is 29.1. The second kappa shape index (κ2) is 20.7. The van der Waals surface area contributed by atoms with Gasteiger partial charge in [-0.1, -0.05) is 92.6 Å². The van der Waals surface area contributed by atoms with Gasteiger partial charge >= 0.3 is 6.09 Å². The SMILES string of the molecule is C=COCN1[C@@H](CC)CCC[C@H]1c1cccc(C)c1.CC.CC(=O)N1CCN(C(=O)OC(C)(C)C)CC1C.Cc1ccc(C)cc1. The number of hydrogen-bond donors (Lipinski definition) is 0. The van der Waals surface area contributed by atoms with E-state index >= 15 is 0 Å². The molecule has 2 saturated heterocycles. The minimum Gasteiger partial charge on any atom is -0.486 e. The first-order valence-electron chi connectivity index (χ1n) is 17.1. The van der Waals surface area contributed by atoms with Gasteiger partial charge in [0.1, 0.15) is 12.3 Å². The van der Waals surface area contributed by atoms with Crippen molar-refractivity contribution in [3.63, 3.8) is 0 Å². The van der Waals surface area contributed by atoms with Gasteiger partial charge in [-0.05, 0) is 79.7 Å². The molecular formula is C39H63N3O4. The van der Waals surface area contributed by atoms with Crippen LogP contribution in [0.5, 0.6) is 0 Å². The molecule has 0 N–H and O–H groups in total. The lowest BCUT2D eigenvalue weighted by atomic mass is 9.90. The molecule has 2 heterocycles. The Morgan fingerprint density at radius 2 is 1.57 bits per heavy atom. The van der Waals surface area contributed by atoms with Gasteiger partial charge in [-0.25, -0.2) is 4.79 Å². The van der Waals surface area contributed by atoms with Crippen molar-refractivity contribution in [1.29, 1.82) is 0 Å². The molecule has 0 aromatic heterocycles. The molecule has 258 valence electrons. The predicted molar refractivity (Wildman–Crippen MR) is 192 cm³/mol. The number of benzene rings is 2. The Kier molecular flexibility index (Phi) is 18.3. The van der Waals surface area contributed by atoms with Crippen molar-refractivity contribution in [1.82, 2.24) is 14.7 Å². The number of nitrogens with zero attached hydrogens (tertiary/aromatic N) is 3. The van der Waals surface area contributed by atoms with Gasteiger partial charge in [-0.2, -0.15) is 0 Å². The summed E-state index contributed by atoms with van der Waals surface area (Å²) in [6, 6.07) is 18.5. The highest BCUT2D eigenvalue weighted by atomic mass is 16.6. The first kappa shape index (κ1) is 40.7. The molecule has 7 nitrogen and oxygen atoms in total. The van der Waals surface area contributed by atoms with Gasteiger partial charge in [0.05, 0.1) is 6.26 Å². The maximum atomic E-state index is 11.8. The van der Waals surface area contributed by atoms with Crippen molar-refractivity contribution in [2.45, 2.75) is 126 Å². The Morgan fingerprint density at radius 3 is 2.04 bits per heavy atom. The Labute approximate surface area is 280 Å². The zero-order valence-electron chi connectivity index (χ0n) is 30.8. The lowest BCUT2D eigenvalue weighted by Gasteiger charge is -2.41. The smallest absolute Gasteiger partial charge is 0.410 e. The normalized spacial score (nSPS) is 19.6. The van der Waals surface area contributed by atoms with Crippen LogP contribution in [0.1, 0.15) is 109 Å². The summed E-state index contributed by atoms with van der Waals surface area (Å²) >= 11 is 0. The van der Waals surface area contributed by atoms with Crippen molar-refractivity contribution in [2.75, 3.05) is 26.4 Å². The molecule has 2 aromatic rings. The molecule has 3 atom stereocenters. The number of amides is 2. The lowest BCUT2D eigenvalue weighted by molar-refractivity contribution is -0.133. The van der Waals surface area contributed by atoms with E-state index in [2.05, 4.69) is 87.7 Å². The van der Waals surface area contributed by atoms with E-state index in [0.717, 1.165) is 0 Å². The number of carbonyl (C=O) groups excluding carboxylic acids is 2. The number of hydrogen-bond acceptors (Lipinski definition) is 5. The minimum absolute atomic E-state index is 0.0498. The molecule has 2 aliphatic heterocycles. The van der Waals surface area contributed by atoms with E-state index in [4.69, 9.17) is 9.47 Å². The van der Waals surface area contributed by atoms with Crippen molar-refractivity contribution in [3.05, 3.63) is 83.6 Å². The van der Waals surface area contributed by atoms with E-state index in [1.165, 1.54) is 47.9 Å². The summed E-state index contributed by atoms with van der Waals surface area (Å²) < 4.78 is 10.8. The van der Waals surface area contributed by atoms with Crippen LogP contribution in [0.25, 0.3) is 0 Å². The second-order valence-electron chi connectivity index (χ2n) is 13.0. The summed E-state index contributed by atoms with van der Waals surface area (Å²) in [5.41, 5.74) is 4.94. The quantitative estimate of drug-likeness (QED) is 0.306. The van der Waals surface area contributed by atoms with Crippen LogP contribution in [-0.4, -0.2) is 70.7 Å². The Bertz CT molecular complexity index is 1150. The molecule has 2 aliphatic rings. The summed E-state index contributed by atoms with van der Waals surface area (Å²) in [5, 5.41) is 0. The zero-order chi connectivity index (χ0) is 34.9. The standard InChI is InChI=1S/C17H25NO.C12H22N2O3.C8H10.C2H6/c1-4-16-10-7-11-17(18(16)13-19-5-2)15-9-6-8-14(3)12-15;1-9-8-13(6-7-14(9)10(2)15)11(16)17-12(3,4)5;1-7-3-5-8(2)6-4-7;1-2/h5-6,8-9,12,16-17H,2,4,7,10-11,13H2,1,3H3;9H,6-8H2,1-5H3;3-6H,1-2H3;1-2H3/t16-,17-;;;/m0.../s1. The van der Waals surface area contributed by atoms with Crippen molar-refractivity contribution in [3.8, 4) is 0 Å². The first-order chi connectivity index (χ1) is 21.7. The average molecular weight is 638 g/mol. The monoisotopic (exact) mass is 637 g/mol. The summed E-state index contributed by atoms with van der Waals surface area (Å²) in [5.74, 6) is 0.0568. The zero-order valence-corrected chi connectivity index (χ0v) is 30.8. The van der Waals surface area contributed by atoms with Crippen LogP contribution in [0.4, 0.5) is 4.79 Å². The summed E-state index contributed by atoms with van der Waals surface area (Å²) in [6.07, 6.45) is 6.24. The molecule has 0 saturated carbocycles. The molecule has 0 spiro atoms. The number of rotatable bonds is 5. The van der Waals surface area contributed by atoms with E-state index < -0.39 is 5.60 Å². The van der Waals surface area contributed by atoms with E-state index in [0.29, 0.717) is 38.4 Å². The minimum atomic E-state index is -0.474. The molecule has 4 rings (SSSR count). The van der Waals surface area contributed by atoms with E-state index in [-0.39, 0.29) is 18.0 Å². The number of carbonyl (C=O) groups is 2. The molecule has 0 bridgehead atoms. The topological polar surface area (TPSA) is 62.3 Å². The van der Waals surface area contributed by atoms with Crippen LogP contribution in [-0.2, 0) is 14.3 Å². The van der Waals surface area contributed by atoms with Crippen LogP contribution >= 0.6 is 0 Å². The van der Waals surface area contributed by atoms with Gasteiger partial charge in [-0.3, -0.25) is 9.69 Å². The predicted octanol–water partition coefficient (Wildman–Crippen LogP) is 9.22. The molecular weight excluding hydrogens is 574 g/mol. The highest BCUT2D eigenvalue weighted by molar-refractivity contribution is 5.74. The molecule has 2 aromatic carbocycles. The number of ether oxygens (including phenoxy) is 2. The van der Waals surface area contributed by atoms with Crippen LogP contribution in [0.2, 0.25) is 0 Å². The fourth-order valence-electron chi connectivity index (χ4n) is 5.70. The van der Waals surface area contributed by atoms with Crippen LogP contribution in [0, 0.1) is 20.8 Å². The fourth-order valence-corrected chi connectivity index (χ4v) is 5.70. The van der Waals surface area contributed by atoms with Crippen molar-refractivity contribution >= 4 is 12.0 Å². The average Bonchev–Trinajstić information content (AvgIpc) is 3.02. The van der Waals surface area contributed by atoms with E-state index in [9.17, 15) is 9.59 Å². The molecule has 2 fully saturated rings. The number of aryl methyl sites for hydroxylation is 3. The van der Waals surface area contributed by atoms with Gasteiger partial charge in [0, 0.05) is 44.7 Å². The van der Waals surface area contributed by atoms with E-state index in [1.807, 2.05) is 41.5 Å². The number of piperazine rings is 1.